The first-order chi connectivity index (χ1) is 20.3. The van der Waals surface area contributed by atoms with Gasteiger partial charge < -0.3 is 30.6 Å². The summed E-state index contributed by atoms with van der Waals surface area (Å²) in [6.45, 7) is 9.95. The molecule has 2 heterocycles. The van der Waals surface area contributed by atoms with Gasteiger partial charge in [-0.25, -0.2) is 13.8 Å². The monoisotopic (exact) mass is 600 g/mol. The maximum absolute atomic E-state index is 15.0. The minimum Gasteiger partial charge on any atom is -0.374 e. The molecule has 1 aromatic heterocycles. The first-order valence-electron chi connectivity index (χ1n) is 14.4. The van der Waals surface area contributed by atoms with Gasteiger partial charge in [0, 0.05) is 30.9 Å². The number of likely N-dealkylation sites (tertiary alicyclic amines) is 1. The zero-order valence-electron chi connectivity index (χ0n) is 25.4. The molecule has 43 heavy (non-hydrogen) atoms. The van der Waals surface area contributed by atoms with Crippen LogP contribution >= 0.6 is 0 Å². The van der Waals surface area contributed by atoms with Crippen molar-refractivity contribution in [1.82, 2.24) is 19.8 Å². The third-order valence-corrected chi connectivity index (χ3v) is 7.25. The van der Waals surface area contributed by atoms with Crippen molar-refractivity contribution in [2.24, 2.45) is 11.7 Å². The quantitative estimate of drug-likeness (QED) is 0.319. The molecule has 1 aliphatic rings. The van der Waals surface area contributed by atoms with Gasteiger partial charge in [0.2, 0.25) is 11.8 Å². The number of carbonyl (C=O) groups is 3. The first kappa shape index (κ1) is 33.6. The highest BCUT2D eigenvalue weighted by atomic mass is 19.1. The third kappa shape index (κ3) is 9.29. The molecule has 4 N–H and O–H groups in total. The molecule has 12 heteroatoms. The van der Waals surface area contributed by atoms with E-state index in [0.29, 0.717) is 19.0 Å². The molecule has 0 radical (unpaired) electrons. The van der Waals surface area contributed by atoms with Crippen LogP contribution in [-0.2, 0) is 19.1 Å². The number of amides is 3. The fourth-order valence-electron chi connectivity index (χ4n) is 4.57. The zero-order chi connectivity index (χ0) is 31.7. The second-order valence-corrected chi connectivity index (χ2v) is 11.4. The summed E-state index contributed by atoms with van der Waals surface area (Å²) in [7, 11) is 0. The molecule has 0 aliphatic carbocycles. The molecule has 10 nitrogen and oxygen atoms in total. The number of imidazole rings is 1. The van der Waals surface area contributed by atoms with E-state index in [9.17, 15) is 23.2 Å². The van der Waals surface area contributed by atoms with Gasteiger partial charge in [-0.05, 0) is 58.1 Å². The van der Waals surface area contributed by atoms with Crippen LogP contribution in [0.15, 0.2) is 54.5 Å². The molecule has 1 aromatic carbocycles. The van der Waals surface area contributed by atoms with E-state index >= 15 is 0 Å². The summed E-state index contributed by atoms with van der Waals surface area (Å²) < 4.78 is 35.8. The van der Waals surface area contributed by atoms with Crippen molar-refractivity contribution in [3.63, 3.8) is 0 Å². The minimum absolute atomic E-state index is 0.0232. The second-order valence-electron chi connectivity index (χ2n) is 11.4. The molecular formula is C31H42F2N6O4. The Morgan fingerprint density at radius 1 is 1.21 bits per heavy atom. The number of allylic oxidation sites excluding steroid dienone is 2. The molecule has 2 atom stereocenters. The molecular weight excluding hydrogens is 558 g/mol. The predicted molar refractivity (Wildman–Crippen MR) is 160 cm³/mol. The van der Waals surface area contributed by atoms with Gasteiger partial charge in [-0.1, -0.05) is 31.2 Å². The van der Waals surface area contributed by atoms with E-state index in [1.54, 1.807) is 4.90 Å². The number of benzene rings is 1. The SMILES string of the molecule is C/C=C\C(=C/C)COC[C@@H](NC(=O)C(C)(C)N)C(=O)Nc1cn(C(C(=O)N2CCC(C)CC2)c2ccc(F)cc2F)cn1. The Morgan fingerprint density at radius 3 is 2.51 bits per heavy atom. The maximum Gasteiger partial charge on any atom is 0.250 e. The van der Waals surface area contributed by atoms with Crippen molar-refractivity contribution < 1.29 is 27.9 Å². The molecule has 0 bridgehead atoms. The van der Waals surface area contributed by atoms with E-state index in [1.807, 2.05) is 32.1 Å². The number of anilines is 1. The normalized spacial score (nSPS) is 16.3. The number of rotatable bonds is 12. The van der Waals surface area contributed by atoms with E-state index < -0.39 is 41.1 Å². The lowest BCUT2D eigenvalue weighted by Crippen LogP contribution is -2.56. The highest BCUT2D eigenvalue weighted by Crippen LogP contribution is 2.28. The Labute approximate surface area is 251 Å². The number of nitrogens with two attached hydrogens (primary N) is 1. The average molecular weight is 601 g/mol. The predicted octanol–water partition coefficient (Wildman–Crippen LogP) is 3.71. The zero-order valence-corrected chi connectivity index (χ0v) is 25.4. The van der Waals surface area contributed by atoms with Crippen LogP contribution < -0.4 is 16.4 Å². The Hall–Kier alpha value is -3.90. The molecule has 234 valence electrons. The second kappa shape index (κ2) is 15.0. The van der Waals surface area contributed by atoms with Crippen molar-refractivity contribution >= 4 is 23.5 Å². The summed E-state index contributed by atoms with van der Waals surface area (Å²) in [5.41, 5.74) is 5.53. The summed E-state index contributed by atoms with van der Waals surface area (Å²) in [6, 6.07) is 0.775. The topological polar surface area (TPSA) is 132 Å². The first-order valence-corrected chi connectivity index (χ1v) is 14.4. The number of aromatic nitrogens is 2. The number of nitrogens with zero attached hydrogens (tertiary/aromatic N) is 3. The Balaban J connectivity index is 1.84. The summed E-state index contributed by atoms with van der Waals surface area (Å²) in [5.74, 6) is -2.65. The van der Waals surface area contributed by atoms with Crippen molar-refractivity contribution in [3.05, 3.63) is 71.7 Å². The smallest absolute Gasteiger partial charge is 0.250 e. The van der Waals surface area contributed by atoms with Crippen LogP contribution in [0, 0.1) is 17.6 Å². The number of halogens is 2. The number of hydrogen-bond acceptors (Lipinski definition) is 6. The summed E-state index contributed by atoms with van der Waals surface area (Å²) in [6.07, 6.45) is 9.93. The van der Waals surface area contributed by atoms with E-state index in [4.69, 9.17) is 10.5 Å². The van der Waals surface area contributed by atoms with Crippen LogP contribution in [0.4, 0.5) is 14.6 Å². The number of nitrogens with one attached hydrogen (secondary N) is 2. The lowest BCUT2D eigenvalue weighted by atomic mass is 9.97. The van der Waals surface area contributed by atoms with E-state index in [2.05, 4.69) is 22.5 Å². The van der Waals surface area contributed by atoms with E-state index in [1.165, 1.54) is 37.0 Å². The number of carbonyl (C=O) groups excluding carboxylic acids is 3. The molecule has 0 spiro atoms. The third-order valence-electron chi connectivity index (χ3n) is 7.25. The van der Waals surface area contributed by atoms with E-state index in [0.717, 1.165) is 30.5 Å². The molecule has 1 aliphatic heterocycles. The molecule has 3 amide bonds. The van der Waals surface area contributed by atoms with Gasteiger partial charge in [-0.2, -0.15) is 0 Å². The Morgan fingerprint density at radius 2 is 1.91 bits per heavy atom. The van der Waals surface area contributed by atoms with Crippen LogP contribution in [0.25, 0.3) is 0 Å². The van der Waals surface area contributed by atoms with Crippen molar-refractivity contribution in [3.8, 4) is 0 Å². The van der Waals surface area contributed by atoms with Crippen LogP contribution in [0.5, 0.6) is 0 Å². The number of hydrogen-bond donors (Lipinski definition) is 3. The van der Waals surface area contributed by atoms with Gasteiger partial charge in [0.15, 0.2) is 5.82 Å². The minimum atomic E-state index is -1.25. The van der Waals surface area contributed by atoms with Crippen molar-refractivity contribution in [2.45, 2.75) is 65.1 Å². The van der Waals surface area contributed by atoms with Gasteiger partial charge in [-0.3, -0.25) is 14.4 Å². The molecule has 3 rings (SSSR count). The number of piperidine rings is 1. The van der Waals surface area contributed by atoms with Gasteiger partial charge in [0.05, 0.1) is 25.1 Å². The van der Waals surface area contributed by atoms with Gasteiger partial charge in [0.1, 0.15) is 23.7 Å². The Kier molecular flexibility index (Phi) is 11.7. The van der Waals surface area contributed by atoms with Crippen LogP contribution in [-0.4, -0.2) is 70.1 Å². The molecule has 1 fully saturated rings. The summed E-state index contributed by atoms with van der Waals surface area (Å²) in [4.78, 5) is 45.5. The van der Waals surface area contributed by atoms with Crippen molar-refractivity contribution in [1.29, 1.82) is 0 Å². The fraction of sp³-hybridized carbons (Fsp3) is 0.484. The summed E-state index contributed by atoms with van der Waals surface area (Å²) >= 11 is 0. The van der Waals surface area contributed by atoms with Gasteiger partial charge >= 0.3 is 0 Å². The molecule has 0 saturated carbocycles. The lowest BCUT2D eigenvalue weighted by molar-refractivity contribution is -0.135. The largest absolute Gasteiger partial charge is 0.374 e. The molecule has 2 aromatic rings. The average Bonchev–Trinajstić information content (AvgIpc) is 3.40. The highest BCUT2D eigenvalue weighted by Gasteiger charge is 2.33. The Bertz CT molecular complexity index is 1340. The highest BCUT2D eigenvalue weighted by molar-refractivity contribution is 5.98. The van der Waals surface area contributed by atoms with Crippen LogP contribution in [0.3, 0.4) is 0 Å². The van der Waals surface area contributed by atoms with Gasteiger partial charge in [-0.15, -0.1) is 0 Å². The maximum atomic E-state index is 15.0. The fourth-order valence-corrected chi connectivity index (χ4v) is 4.57. The van der Waals surface area contributed by atoms with Gasteiger partial charge in [0.25, 0.3) is 5.91 Å². The van der Waals surface area contributed by atoms with Crippen LogP contribution in [0.1, 0.15) is 59.1 Å². The van der Waals surface area contributed by atoms with E-state index in [-0.39, 0.29) is 30.5 Å². The number of ether oxygens (including phenoxy) is 1. The lowest BCUT2D eigenvalue weighted by Gasteiger charge is -2.33. The molecule has 1 saturated heterocycles. The molecule has 1 unspecified atom stereocenters. The van der Waals surface area contributed by atoms with Crippen LogP contribution in [0.2, 0.25) is 0 Å². The summed E-state index contributed by atoms with van der Waals surface area (Å²) in [5, 5.41) is 5.25. The van der Waals surface area contributed by atoms with Crippen molar-refractivity contribution in [2.75, 3.05) is 31.6 Å². The standard InChI is InChI=1S/C31H42F2N6O4/c1-6-8-21(7-2)17-43-18-25(36-30(42)31(4,5)34)28(40)37-26-16-39(19-35-26)27(23-10-9-22(32)15-24(23)33)29(41)38-13-11-20(3)12-14-38/h6-10,15-16,19-20,25,27H,11-14,17-18,34H2,1-5H3,(H,36,42)(H,37,40)/b8-6-,21-7+/t25-,27?/m1/s1.